The molecule has 0 spiro atoms. The average Bonchev–Trinajstić information content (AvgIpc) is 3.59. The van der Waals surface area contributed by atoms with Crippen LogP contribution in [0.4, 0.5) is 10.5 Å². The summed E-state index contributed by atoms with van der Waals surface area (Å²) in [5, 5.41) is 5.17. The van der Waals surface area contributed by atoms with Gasteiger partial charge in [0.1, 0.15) is 37.7 Å². The molecule has 0 N–H and O–H groups in total. The minimum Gasteiger partial charge on any atom is -0.491 e. The monoisotopic (exact) mass is 561 g/mol. The summed E-state index contributed by atoms with van der Waals surface area (Å²) in [5.74, 6) is -0.431. The van der Waals surface area contributed by atoms with E-state index in [4.69, 9.17) is 42.1 Å². The summed E-state index contributed by atoms with van der Waals surface area (Å²) in [7, 11) is 0. The molecular weight excluding hydrogens is 533 g/mol. The molecule has 2 atom stereocenters. The molecule has 0 bridgehead atoms. The summed E-state index contributed by atoms with van der Waals surface area (Å²) in [6.07, 6.45) is 2.47. The van der Waals surface area contributed by atoms with Crippen molar-refractivity contribution >= 4 is 35.0 Å². The smallest absolute Gasteiger partial charge is 0.409 e. The maximum absolute atomic E-state index is 11.9. The molecule has 2 aliphatic heterocycles. The van der Waals surface area contributed by atoms with Gasteiger partial charge in [0.2, 0.25) is 5.79 Å². The average molecular weight is 562 g/mol. The third-order valence-electron chi connectivity index (χ3n) is 6.48. The molecule has 0 radical (unpaired) electrons. The first-order valence-corrected chi connectivity index (χ1v) is 13.2. The fourth-order valence-corrected chi connectivity index (χ4v) is 5.14. The second kappa shape index (κ2) is 11.8. The zero-order valence-electron chi connectivity index (χ0n) is 21.0. The first-order valence-electron chi connectivity index (χ1n) is 12.4. The second-order valence-electron chi connectivity index (χ2n) is 9.00. The van der Waals surface area contributed by atoms with Crippen molar-refractivity contribution in [3.8, 4) is 5.75 Å². The molecule has 0 aliphatic carbocycles. The lowest BCUT2D eigenvalue weighted by Crippen LogP contribution is -2.48. The van der Waals surface area contributed by atoms with Crippen LogP contribution < -0.4 is 9.64 Å². The molecule has 2 saturated heterocycles. The number of nitrogens with zero attached hydrogens (tertiary/aromatic N) is 5. The van der Waals surface area contributed by atoms with E-state index in [0.717, 1.165) is 24.5 Å². The van der Waals surface area contributed by atoms with E-state index < -0.39 is 5.79 Å². The highest BCUT2D eigenvalue weighted by molar-refractivity contribution is 6.35. The molecular formula is C26H29Cl2N5O5. The lowest BCUT2D eigenvalue weighted by atomic mass is 10.1. The molecule has 5 rings (SSSR count). The summed E-state index contributed by atoms with van der Waals surface area (Å²) < 4.78 is 25.4. The van der Waals surface area contributed by atoms with Crippen LogP contribution in [-0.2, 0) is 26.5 Å². The third kappa shape index (κ3) is 5.99. The number of carbonyl (C=O) groups is 1. The Hall–Kier alpha value is -3.05. The maximum atomic E-state index is 11.9. The van der Waals surface area contributed by atoms with Crippen LogP contribution >= 0.6 is 23.2 Å². The van der Waals surface area contributed by atoms with Crippen molar-refractivity contribution < 1.29 is 23.7 Å². The number of rotatable bonds is 8. The van der Waals surface area contributed by atoms with Gasteiger partial charge in [0.15, 0.2) is 0 Å². The van der Waals surface area contributed by atoms with Gasteiger partial charge < -0.3 is 28.7 Å². The van der Waals surface area contributed by atoms with Gasteiger partial charge in [0.05, 0.1) is 18.2 Å². The number of hydrogen-bond acceptors (Lipinski definition) is 8. The predicted octanol–water partition coefficient (Wildman–Crippen LogP) is 4.21. The highest BCUT2D eigenvalue weighted by Crippen LogP contribution is 2.40. The minimum atomic E-state index is -1.15. The Kier molecular flexibility index (Phi) is 8.23. The molecule has 3 heterocycles. The van der Waals surface area contributed by atoms with Gasteiger partial charge in [-0.05, 0) is 43.3 Å². The molecule has 1 aromatic heterocycles. The molecule has 2 aromatic carbocycles. The zero-order valence-corrected chi connectivity index (χ0v) is 22.5. The SMILES string of the molecule is CCOC(=O)N1CCN(c2ccc(OCC3COC(Cn4cncn4)(c4ccc(Cl)cc4Cl)O3)cc2)CC1. The van der Waals surface area contributed by atoms with Gasteiger partial charge in [0, 0.05) is 42.5 Å². The van der Waals surface area contributed by atoms with Crippen molar-refractivity contribution in [3.63, 3.8) is 0 Å². The number of anilines is 1. The van der Waals surface area contributed by atoms with Crippen molar-refractivity contribution in [1.29, 1.82) is 0 Å². The molecule has 0 saturated carbocycles. The highest BCUT2D eigenvalue weighted by atomic mass is 35.5. The van der Waals surface area contributed by atoms with Crippen molar-refractivity contribution in [2.45, 2.75) is 25.4 Å². The molecule has 1 amide bonds. The topological polar surface area (TPSA) is 91.2 Å². The first-order chi connectivity index (χ1) is 18.5. The van der Waals surface area contributed by atoms with Crippen LogP contribution in [0.5, 0.6) is 5.75 Å². The maximum Gasteiger partial charge on any atom is 0.409 e. The van der Waals surface area contributed by atoms with Gasteiger partial charge in [-0.25, -0.2) is 14.5 Å². The van der Waals surface area contributed by atoms with E-state index in [2.05, 4.69) is 15.0 Å². The Balaban J connectivity index is 1.19. The van der Waals surface area contributed by atoms with Crippen molar-refractivity contribution in [1.82, 2.24) is 19.7 Å². The lowest BCUT2D eigenvalue weighted by molar-refractivity contribution is -0.190. The van der Waals surface area contributed by atoms with Crippen LogP contribution in [0.1, 0.15) is 12.5 Å². The summed E-state index contributed by atoms with van der Waals surface area (Å²) in [5.41, 5.74) is 1.74. The van der Waals surface area contributed by atoms with Gasteiger partial charge in [0.25, 0.3) is 0 Å². The van der Waals surface area contributed by atoms with Crippen LogP contribution in [0, 0.1) is 0 Å². The first kappa shape index (κ1) is 26.6. The number of benzene rings is 2. The van der Waals surface area contributed by atoms with Crippen LogP contribution in [0.15, 0.2) is 55.1 Å². The van der Waals surface area contributed by atoms with Crippen molar-refractivity contribution in [2.75, 3.05) is 50.9 Å². The van der Waals surface area contributed by atoms with Crippen LogP contribution in [-0.4, -0.2) is 77.9 Å². The van der Waals surface area contributed by atoms with Gasteiger partial charge in [-0.2, -0.15) is 5.10 Å². The van der Waals surface area contributed by atoms with Gasteiger partial charge >= 0.3 is 6.09 Å². The number of hydrogen-bond donors (Lipinski definition) is 0. The number of aromatic nitrogens is 3. The molecule has 3 aromatic rings. The van der Waals surface area contributed by atoms with Gasteiger partial charge in [-0.1, -0.05) is 29.3 Å². The van der Waals surface area contributed by atoms with Crippen LogP contribution in [0.2, 0.25) is 10.0 Å². The largest absolute Gasteiger partial charge is 0.491 e. The molecule has 2 fully saturated rings. The third-order valence-corrected chi connectivity index (χ3v) is 7.03. The Morgan fingerprint density at radius 1 is 1.13 bits per heavy atom. The second-order valence-corrected chi connectivity index (χ2v) is 9.84. The molecule has 202 valence electrons. The van der Waals surface area contributed by atoms with Crippen molar-refractivity contribution in [2.24, 2.45) is 0 Å². The van der Waals surface area contributed by atoms with E-state index in [9.17, 15) is 4.79 Å². The van der Waals surface area contributed by atoms with Crippen molar-refractivity contribution in [3.05, 3.63) is 70.7 Å². The van der Waals surface area contributed by atoms with Crippen LogP contribution in [0.3, 0.4) is 0 Å². The van der Waals surface area contributed by atoms with E-state index in [-0.39, 0.29) is 18.7 Å². The van der Waals surface area contributed by atoms with E-state index in [1.807, 2.05) is 31.2 Å². The number of halogens is 2. The predicted molar refractivity (Wildman–Crippen MR) is 142 cm³/mol. The summed E-state index contributed by atoms with van der Waals surface area (Å²) in [6, 6.07) is 13.1. The number of ether oxygens (including phenoxy) is 4. The Morgan fingerprint density at radius 2 is 1.92 bits per heavy atom. The Morgan fingerprint density at radius 3 is 2.61 bits per heavy atom. The highest BCUT2D eigenvalue weighted by Gasteiger charge is 2.45. The summed E-state index contributed by atoms with van der Waals surface area (Å²) >= 11 is 12.6. The fourth-order valence-electron chi connectivity index (χ4n) is 4.59. The molecule has 2 aliphatic rings. The summed E-state index contributed by atoms with van der Waals surface area (Å²) in [4.78, 5) is 19.9. The Labute approximate surface area is 230 Å². The Bertz CT molecular complexity index is 1220. The van der Waals surface area contributed by atoms with Gasteiger partial charge in [-0.15, -0.1) is 0 Å². The molecule has 10 nitrogen and oxygen atoms in total. The fraction of sp³-hybridized carbons (Fsp3) is 0.423. The molecule has 2 unspecified atom stereocenters. The number of piperazine rings is 1. The van der Waals surface area contributed by atoms with E-state index in [1.165, 1.54) is 6.33 Å². The lowest BCUT2D eigenvalue weighted by Gasteiger charge is -2.35. The van der Waals surface area contributed by atoms with Crippen LogP contribution in [0.25, 0.3) is 0 Å². The minimum absolute atomic E-state index is 0.252. The standard InChI is InChI=1S/C26H29Cl2N5O5/c1-2-35-25(34)32-11-9-31(10-12-32)20-4-6-21(7-5-20)36-14-22-15-37-26(38-22,16-33-18-29-17-30-33)23-8-3-19(27)13-24(23)28/h3-8,13,17-18,22H,2,9-12,14-16H2,1H3. The number of amides is 1. The molecule has 12 heteroatoms. The van der Waals surface area contributed by atoms with Gasteiger partial charge in [-0.3, -0.25) is 0 Å². The van der Waals surface area contributed by atoms with E-state index in [1.54, 1.807) is 34.1 Å². The van der Waals surface area contributed by atoms with E-state index >= 15 is 0 Å². The quantitative estimate of drug-likeness (QED) is 0.404. The zero-order chi connectivity index (χ0) is 26.5. The van der Waals surface area contributed by atoms with E-state index in [0.29, 0.717) is 48.5 Å². The molecule has 38 heavy (non-hydrogen) atoms. The summed E-state index contributed by atoms with van der Waals surface area (Å²) in [6.45, 7) is 5.82. The normalized spacial score (nSPS) is 21.5. The number of carbonyl (C=O) groups excluding carboxylic acids is 1.